The minimum Gasteiger partial charge on any atom is -0.343 e. The number of pyridine rings is 1. The molecule has 25 heavy (non-hydrogen) atoms. The molecule has 0 aliphatic rings. The number of fused-ring (bicyclic) bond motifs is 1. The molecule has 3 heteroatoms. The number of benzene rings is 3. The van der Waals surface area contributed by atoms with Crippen molar-refractivity contribution in [2.45, 2.75) is 0 Å². The Hall–Kier alpha value is -2.84. The molecular formula is C22H16ClNO. The zero-order valence-electron chi connectivity index (χ0n) is 13.7. The number of aryl methyl sites for hydroxylation is 1. The number of aromatic nitrogens is 1. The highest BCUT2D eigenvalue weighted by Crippen LogP contribution is 2.32. The van der Waals surface area contributed by atoms with E-state index in [1.54, 1.807) is 0 Å². The van der Waals surface area contributed by atoms with Crippen molar-refractivity contribution in [3.63, 3.8) is 0 Å². The van der Waals surface area contributed by atoms with Crippen molar-refractivity contribution in [2.75, 3.05) is 0 Å². The highest BCUT2D eigenvalue weighted by Gasteiger charge is 2.17. The zero-order valence-corrected chi connectivity index (χ0v) is 14.5. The van der Waals surface area contributed by atoms with E-state index in [1.807, 2.05) is 85.9 Å². The SMILES string of the molecule is Cn1c(-c2ccc(Cl)cc2)c(-c2ccccc2)c(=O)c2ccccc21. The number of para-hydroxylation sites is 1. The standard InChI is InChI=1S/C22H16ClNO/c1-24-19-10-6-5-9-18(19)22(25)20(15-7-3-2-4-8-15)21(24)16-11-13-17(23)14-12-16/h2-14H,1H3. The van der Waals surface area contributed by atoms with Gasteiger partial charge in [0, 0.05) is 17.5 Å². The Bertz CT molecular complexity index is 1110. The fraction of sp³-hybridized carbons (Fsp3) is 0.0455. The molecule has 0 saturated carbocycles. The topological polar surface area (TPSA) is 22.0 Å². The van der Waals surface area contributed by atoms with E-state index < -0.39 is 0 Å². The fourth-order valence-electron chi connectivity index (χ4n) is 3.31. The Morgan fingerprint density at radius 2 is 1.40 bits per heavy atom. The molecule has 4 aromatic rings. The highest BCUT2D eigenvalue weighted by molar-refractivity contribution is 6.30. The van der Waals surface area contributed by atoms with Crippen LogP contribution in [0.1, 0.15) is 0 Å². The van der Waals surface area contributed by atoms with Gasteiger partial charge in [-0.1, -0.05) is 66.2 Å². The van der Waals surface area contributed by atoms with Gasteiger partial charge in [0.15, 0.2) is 5.43 Å². The van der Waals surface area contributed by atoms with E-state index in [0.717, 1.165) is 27.7 Å². The highest BCUT2D eigenvalue weighted by atomic mass is 35.5. The molecule has 3 aromatic carbocycles. The summed E-state index contributed by atoms with van der Waals surface area (Å²) in [5.41, 5.74) is 4.45. The van der Waals surface area contributed by atoms with Crippen LogP contribution in [-0.4, -0.2) is 4.57 Å². The second-order valence-electron chi connectivity index (χ2n) is 6.00. The molecule has 0 radical (unpaired) electrons. The van der Waals surface area contributed by atoms with Gasteiger partial charge in [-0.3, -0.25) is 4.79 Å². The van der Waals surface area contributed by atoms with Gasteiger partial charge in [0.05, 0.1) is 16.8 Å². The van der Waals surface area contributed by atoms with Crippen molar-refractivity contribution in [1.82, 2.24) is 4.57 Å². The molecule has 1 aromatic heterocycles. The second kappa shape index (κ2) is 6.23. The van der Waals surface area contributed by atoms with Crippen LogP contribution >= 0.6 is 11.6 Å². The third kappa shape index (κ3) is 2.65. The average molecular weight is 346 g/mol. The molecular weight excluding hydrogens is 330 g/mol. The summed E-state index contributed by atoms with van der Waals surface area (Å²) in [6, 6.07) is 25.2. The summed E-state index contributed by atoms with van der Waals surface area (Å²) in [4.78, 5) is 13.3. The summed E-state index contributed by atoms with van der Waals surface area (Å²) in [5.74, 6) is 0. The van der Waals surface area contributed by atoms with Crippen molar-refractivity contribution in [2.24, 2.45) is 7.05 Å². The van der Waals surface area contributed by atoms with Crippen LogP contribution in [0, 0.1) is 0 Å². The molecule has 0 spiro atoms. The number of halogens is 1. The van der Waals surface area contributed by atoms with Gasteiger partial charge in [0.1, 0.15) is 0 Å². The fourth-order valence-corrected chi connectivity index (χ4v) is 3.43. The van der Waals surface area contributed by atoms with Crippen molar-refractivity contribution in [3.05, 3.63) is 94.1 Å². The first-order chi connectivity index (χ1) is 12.2. The third-order valence-corrected chi connectivity index (χ3v) is 4.74. The zero-order chi connectivity index (χ0) is 17.4. The molecule has 0 atom stereocenters. The Morgan fingerprint density at radius 3 is 2.12 bits per heavy atom. The third-order valence-electron chi connectivity index (χ3n) is 4.49. The molecule has 0 amide bonds. The minimum atomic E-state index is 0.0462. The summed E-state index contributed by atoms with van der Waals surface area (Å²) >= 11 is 6.05. The van der Waals surface area contributed by atoms with Gasteiger partial charge >= 0.3 is 0 Å². The second-order valence-corrected chi connectivity index (χ2v) is 6.44. The van der Waals surface area contributed by atoms with Crippen molar-refractivity contribution in [1.29, 1.82) is 0 Å². The van der Waals surface area contributed by atoms with Crippen LogP contribution in [0.3, 0.4) is 0 Å². The van der Waals surface area contributed by atoms with Gasteiger partial charge in [-0.05, 0) is 35.4 Å². The Morgan fingerprint density at radius 1 is 0.760 bits per heavy atom. The van der Waals surface area contributed by atoms with Crippen LogP contribution in [0.15, 0.2) is 83.7 Å². The van der Waals surface area contributed by atoms with Crippen LogP contribution in [0.25, 0.3) is 33.3 Å². The number of hydrogen-bond donors (Lipinski definition) is 0. The van der Waals surface area contributed by atoms with Crippen LogP contribution < -0.4 is 5.43 Å². The minimum absolute atomic E-state index is 0.0462. The summed E-state index contributed by atoms with van der Waals surface area (Å²) in [7, 11) is 2.00. The smallest absolute Gasteiger partial charge is 0.197 e. The monoisotopic (exact) mass is 345 g/mol. The van der Waals surface area contributed by atoms with Crippen molar-refractivity contribution < 1.29 is 0 Å². The first kappa shape index (κ1) is 15.7. The summed E-state index contributed by atoms with van der Waals surface area (Å²) in [5, 5.41) is 1.40. The van der Waals surface area contributed by atoms with Gasteiger partial charge in [-0.15, -0.1) is 0 Å². The molecule has 0 fully saturated rings. The lowest BCUT2D eigenvalue weighted by atomic mass is 9.96. The van der Waals surface area contributed by atoms with Crippen LogP contribution in [-0.2, 0) is 7.05 Å². The Balaban J connectivity index is 2.18. The predicted molar refractivity (Wildman–Crippen MR) is 105 cm³/mol. The van der Waals surface area contributed by atoms with Crippen molar-refractivity contribution >= 4 is 22.5 Å². The number of hydrogen-bond acceptors (Lipinski definition) is 1. The Labute approximate surface area is 150 Å². The maximum Gasteiger partial charge on any atom is 0.197 e. The molecule has 122 valence electrons. The van der Waals surface area contributed by atoms with E-state index in [0.29, 0.717) is 10.6 Å². The summed E-state index contributed by atoms with van der Waals surface area (Å²) in [6.45, 7) is 0. The lowest BCUT2D eigenvalue weighted by molar-refractivity contribution is 0.962. The largest absolute Gasteiger partial charge is 0.343 e. The maximum atomic E-state index is 13.3. The lowest BCUT2D eigenvalue weighted by Crippen LogP contribution is -2.14. The van der Waals surface area contributed by atoms with Crippen LogP contribution in [0.4, 0.5) is 0 Å². The van der Waals surface area contributed by atoms with Gasteiger partial charge in [-0.25, -0.2) is 0 Å². The van der Waals surface area contributed by atoms with Gasteiger partial charge in [-0.2, -0.15) is 0 Å². The van der Waals surface area contributed by atoms with E-state index in [9.17, 15) is 4.79 Å². The van der Waals surface area contributed by atoms with E-state index in [1.165, 1.54) is 0 Å². The molecule has 0 unspecified atom stereocenters. The first-order valence-corrected chi connectivity index (χ1v) is 8.47. The lowest BCUT2D eigenvalue weighted by Gasteiger charge is -2.18. The first-order valence-electron chi connectivity index (χ1n) is 8.10. The van der Waals surface area contributed by atoms with Crippen LogP contribution in [0.5, 0.6) is 0 Å². The quantitative estimate of drug-likeness (QED) is 0.468. The summed E-state index contributed by atoms with van der Waals surface area (Å²) in [6.07, 6.45) is 0. The normalized spacial score (nSPS) is 11.0. The van der Waals surface area contributed by atoms with E-state index >= 15 is 0 Å². The van der Waals surface area contributed by atoms with Crippen molar-refractivity contribution in [3.8, 4) is 22.4 Å². The molecule has 2 nitrogen and oxygen atoms in total. The van der Waals surface area contributed by atoms with Gasteiger partial charge < -0.3 is 4.57 Å². The van der Waals surface area contributed by atoms with Gasteiger partial charge in [0.25, 0.3) is 0 Å². The van der Waals surface area contributed by atoms with E-state index in [4.69, 9.17) is 11.6 Å². The molecule has 4 rings (SSSR count). The summed E-state index contributed by atoms with van der Waals surface area (Å²) < 4.78 is 2.09. The predicted octanol–water partition coefficient (Wildman–Crippen LogP) is 5.53. The molecule has 0 aliphatic carbocycles. The Kier molecular flexibility index (Phi) is 3.90. The van der Waals surface area contributed by atoms with E-state index in [2.05, 4.69) is 4.57 Å². The molecule has 1 heterocycles. The molecule has 0 saturated heterocycles. The molecule has 0 aliphatic heterocycles. The molecule has 0 bridgehead atoms. The number of rotatable bonds is 2. The molecule has 0 N–H and O–H groups in total. The van der Waals surface area contributed by atoms with Crippen LogP contribution in [0.2, 0.25) is 5.02 Å². The van der Waals surface area contributed by atoms with E-state index in [-0.39, 0.29) is 5.43 Å². The average Bonchev–Trinajstić information content (AvgIpc) is 2.66. The van der Waals surface area contributed by atoms with Gasteiger partial charge in [0.2, 0.25) is 0 Å². The number of nitrogens with zero attached hydrogens (tertiary/aromatic N) is 1. The maximum absolute atomic E-state index is 13.3.